The number of methoxy groups -OCH3 is 1. The summed E-state index contributed by atoms with van der Waals surface area (Å²) in [5, 5.41) is 10.3. The van der Waals surface area contributed by atoms with E-state index in [9.17, 15) is 9.59 Å². The Bertz CT molecular complexity index is 573. The first kappa shape index (κ1) is 19.4. The summed E-state index contributed by atoms with van der Waals surface area (Å²) in [5.41, 5.74) is 0.715. The summed E-state index contributed by atoms with van der Waals surface area (Å²) in [6.07, 6.45) is 2.14. The van der Waals surface area contributed by atoms with Gasteiger partial charge >= 0.3 is 5.97 Å². The lowest BCUT2D eigenvalue weighted by atomic mass is 9.81. The second kappa shape index (κ2) is 9.53. The molecule has 0 unspecified atom stereocenters. The molecule has 2 atom stereocenters. The Balaban J connectivity index is 1.88. The molecule has 0 bridgehead atoms. The van der Waals surface area contributed by atoms with Crippen molar-refractivity contribution in [2.45, 2.75) is 19.3 Å². The van der Waals surface area contributed by atoms with Crippen LogP contribution in [-0.2, 0) is 16.0 Å². The second-order valence-electron chi connectivity index (χ2n) is 6.75. The average molecular weight is 352 g/mol. The summed E-state index contributed by atoms with van der Waals surface area (Å²) in [6.45, 7) is 3.23. The Morgan fingerprint density at radius 3 is 2.96 bits per heavy atom. The molecule has 1 amide bonds. The van der Waals surface area contributed by atoms with Gasteiger partial charge in [-0.2, -0.15) is 0 Å². The zero-order valence-corrected chi connectivity index (χ0v) is 15.2. The normalized spacial score (nSPS) is 20.5. The van der Waals surface area contributed by atoms with Gasteiger partial charge in [0, 0.05) is 25.6 Å². The van der Waals surface area contributed by atoms with Gasteiger partial charge < -0.3 is 24.8 Å². The lowest BCUT2D eigenvalue weighted by Crippen LogP contribution is -2.41. The summed E-state index contributed by atoms with van der Waals surface area (Å²) < 4.78 is 9.65. The first-order valence-corrected chi connectivity index (χ1v) is 8.65. The molecule has 140 valence electrons. The molecule has 1 aromatic heterocycles. The van der Waals surface area contributed by atoms with Gasteiger partial charge in [0.15, 0.2) is 0 Å². The minimum absolute atomic E-state index is 0.0918. The van der Waals surface area contributed by atoms with Gasteiger partial charge in [-0.3, -0.25) is 4.79 Å². The van der Waals surface area contributed by atoms with Gasteiger partial charge in [-0.05, 0) is 51.9 Å². The molecule has 0 saturated carbocycles. The maximum Gasteiger partial charge on any atom is 0.376 e. The van der Waals surface area contributed by atoms with Crippen molar-refractivity contribution in [1.82, 2.24) is 20.7 Å². The molecular formula is C17H28N4O4. The maximum atomic E-state index is 12.2. The van der Waals surface area contributed by atoms with Crippen molar-refractivity contribution in [2.24, 2.45) is 11.8 Å². The van der Waals surface area contributed by atoms with Crippen LogP contribution in [0.2, 0.25) is 0 Å². The van der Waals surface area contributed by atoms with E-state index in [1.54, 1.807) is 6.07 Å². The molecule has 0 aliphatic carbocycles. The zero-order valence-electron chi connectivity index (χ0n) is 15.2. The van der Waals surface area contributed by atoms with Gasteiger partial charge in [-0.15, -0.1) is 0 Å². The molecule has 8 nitrogen and oxygen atoms in total. The third kappa shape index (κ3) is 6.13. The lowest BCUT2D eigenvalue weighted by molar-refractivity contribution is -0.122. The number of hydrogen-bond acceptors (Lipinski definition) is 7. The molecule has 0 aromatic carbocycles. The highest BCUT2D eigenvalue weighted by atomic mass is 16.5. The number of hydrogen-bond donors (Lipinski definition) is 2. The van der Waals surface area contributed by atoms with Crippen LogP contribution < -0.4 is 10.6 Å². The summed E-state index contributed by atoms with van der Waals surface area (Å²) in [6, 6.07) is 1.62. The van der Waals surface area contributed by atoms with Crippen LogP contribution in [0.15, 0.2) is 10.6 Å². The maximum absolute atomic E-state index is 12.2. The fourth-order valence-electron chi connectivity index (χ4n) is 3.09. The van der Waals surface area contributed by atoms with E-state index in [0.29, 0.717) is 31.0 Å². The third-order valence-corrected chi connectivity index (χ3v) is 4.51. The number of carbonyl (C=O) groups is 2. The Morgan fingerprint density at radius 1 is 1.44 bits per heavy atom. The van der Waals surface area contributed by atoms with Crippen molar-refractivity contribution in [1.29, 1.82) is 0 Å². The molecule has 1 saturated heterocycles. The van der Waals surface area contributed by atoms with Crippen molar-refractivity contribution in [3.05, 3.63) is 17.5 Å². The van der Waals surface area contributed by atoms with Crippen molar-refractivity contribution in [3.8, 4) is 0 Å². The Hall–Kier alpha value is -1.93. The van der Waals surface area contributed by atoms with Crippen molar-refractivity contribution in [3.63, 3.8) is 0 Å². The number of nitrogens with one attached hydrogen (secondary N) is 2. The summed E-state index contributed by atoms with van der Waals surface area (Å²) in [7, 11) is 5.27. The number of amides is 1. The minimum atomic E-state index is -0.530. The van der Waals surface area contributed by atoms with E-state index in [1.807, 2.05) is 19.0 Å². The molecule has 2 heterocycles. The van der Waals surface area contributed by atoms with Gasteiger partial charge in [-0.25, -0.2) is 4.79 Å². The van der Waals surface area contributed by atoms with Crippen molar-refractivity contribution < 1.29 is 18.8 Å². The molecule has 2 N–H and O–H groups in total. The second-order valence-corrected chi connectivity index (χ2v) is 6.75. The van der Waals surface area contributed by atoms with Crippen LogP contribution in [0.4, 0.5) is 0 Å². The van der Waals surface area contributed by atoms with E-state index in [4.69, 9.17) is 4.52 Å². The molecule has 8 heteroatoms. The van der Waals surface area contributed by atoms with E-state index in [2.05, 4.69) is 20.5 Å². The Labute approximate surface area is 148 Å². The number of ether oxygens (including phenoxy) is 1. The van der Waals surface area contributed by atoms with Gasteiger partial charge in [0.25, 0.3) is 0 Å². The Kier molecular flexibility index (Phi) is 7.39. The molecule has 2 rings (SSSR count). The molecule has 0 spiro atoms. The predicted octanol–water partition coefficient (Wildman–Crippen LogP) is 0.297. The zero-order chi connectivity index (χ0) is 18.2. The van der Waals surface area contributed by atoms with E-state index in [0.717, 1.165) is 26.1 Å². The van der Waals surface area contributed by atoms with E-state index < -0.39 is 5.97 Å². The summed E-state index contributed by atoms with van der Waals surface area (Å²) in [4.78, 5) is 25.7. The molecule has 25 heavy (non-hydrogen) atoms. The number of esters is 1. The first-order valence-electron chi connectivity index (χ1n) is 8.65. The van der Waals surface area contributed by atoms with Crippen molar-refractivity contribution >= 4 is 11.9 Å². The molecule has 1 aliphatic heterocycles. The molecule has 1 fully saturated rings. The van der Waals surface area contributed by atoms with E-state index in [-0.39, 0.29) is 17.6 Å². The van der Waals surface area contributed by atoms with Crippen LogP contribution in [0.1, 0.15) is 29.1 Å². The predicted molar refractivity (Wildman–Crippen MR) is 92.2 cm³/mol. The van der Waals surface area contributed by atoms with Gasteiger partial charge in [-0.1, -0.05) is 5.16 Å². The van der Waals surface area contributed by atoms with Gasteiger partial charge in [0.1, 0.15) is 0 Å². The third-order valence-electron chi connectivity index (χ3n) is 4.51. The molecule has 0 radical (unpaired) electrons. The molecule has 1 aliphatic rings. The minimum Gasteiger partial charge on any atom is -0.463 e. The number of carbonyl (C=O) groups excluding carboxylic acids is 2. The molecular weight excluding hydrogens is 324 g/mol. The quantitative estimate of drug-likeness (QED) is 0.649. The van der Waals surface area contributed by atoms with Gasteiger partial charge in [0.2, 0.25) is 11.7 Å². The summed E-state index contributed by atoms with van der Waals surface area (Å²) in [5.74, 6) is 0.244. The van der Waals surface area contributed by atoms with Crippen LogP contribution >= 0.6 is 0 Å². The van der Waals surface area contributed by atoms with Crippen LogP contribution in [0.3, 0.4) is 0 Å². The average Bonchev–Trinajstić information content (AvgIpc) is 3.04. The summed E-state index contributed by atoms with van der Waals surface area (Å²) >= 11 is 0. The van der Waals surface area contributed by atoms with Crippen LogP contribution in [0, 0.1) is 11.8 Å². The number of likely N-dealkylation sites (N-methyl/N-ethyl adjacent to an activating group) is 1. The van der Waals surface area contributed by atoms with Gasteiger partial charge in [0.05, 0.1) is 12.8 Å². The fraction of sp³-hybridized carbons (Fsp3) is 0.706. The fourth-order valence-corrected chi connectivity index (χ4v) is 3.09. The highest BCUT2D eigenvalue weighted by molar-refractivity contribution is 5.86. The van der Waals surface area contributed by atoms with Crippen LogP contribution in [0.5, 0.6) is 0 Å². The van der Waals surface area contributed by atoms with Crippen LogP contribution in [-0.4, -0.2) is 69.3 Å². The smallest absolute Gasteiger partial charge is 0.376 e. The number of aromatic nitrogens is 1. The van der Waals surface area contributed by atoms with E-state index >= 15 is 0 Å². The highest BCUT2D eigenvalue weighted by Gasteiger charge is 2.28. The topological polar surface area (TPSA) is 96.7 Å². The standard InChI is InChI=1S/C17H28N4O4/c1-21(2)7-6-19-16(22)9-12-4-5-18-11-13(12)8-14-10-15(25-20-14)17(23)24-3/h10,12-13,18H,4-9,11H2,1-3H3,(H,19,22)/t12-,13-/m0/s1. The highest BCUT2D eigenvalue weighted by Crippen LogP contribution is 2.26. The number of rotatable bonds is 8. The monoisotopic (exact) mass is 352 g/mol. The number of nitrogens with zero attached hydrogens (tertiary/aromatic N) is 2. The SMILES string of the molecule is COC(=O)c1cc(C[C@H]2CNCC[C@H]2CC(=O)NCCN(C)C)no1. The van der Waals surface area contributed by atoms with E-state index in [1.165, 1.54) is 7.11 Å². The Morgan fingerprint density at radius 2 is 2.24 bits per heavy atom. The number of piperidine rings is 1. The lowest BCUT2D eigenvalue weighted by Gasteiger charge is -2.31. The molecule has 1 aromatic rings. The first-order chi connectivity index (χ1) is 12.0. The largest absolute Gasteiger partial charge is 0.463 e. The van der Waals surface area contributed by atoms with Crippen LogP contribution in [0.25, 0.3) is 0 Å². The van der Waals surface area contributed by atoms with Crippen molar-refractivity contribution in [2.75, 3.05) is 47.4 Å².